The molecule has 1 aromatic rings. The van der Waals surface area contributed by atoms with Gasteiger partial charge in [-0.1, -0.05) is 12.1 Å². The van der Waals surface area contributed by atoms with Crippen LogP contribution >= 0.6 is 0 Å². The van der Waals surface area contributed by atoms with Gasteiger partial charge >= 0.3 is 6.03 Å². The number of aromatic nitrogens is 1. The van der Waals surface area contributed by atoms with Gasteiger partial charge in [-0.3, -0.25) is 10.1 Å². The van der Waals surface area contributed by atoms with E-state index in [2.05, 4.69) is 5.16 Å². The molecule has 0 aliphatic heterocycles. The highest BCUT2D eigenvalue weighted by Gasteiger charge is 2.13. The summed E-state index contributed by atoms with van der Waals surface area (Å²) in [6, 6.07) is 0.581. The minimum atomic E-state index is -0.907. The SMILES string of the molecule is CCCc1cc(C(=O)NC(N)=O)no1. The van der Waals surface area contributed by atoms with Gasteiger partial charge in [-0.2, -0.15) is 0 Å². The van der Waals surface area contributed by atoms with E-state index in [0.717, 1.165) is 6.42 Å². The van der Waals surface area contributed by atoms with E-state index < -0.39 is 11.9 Å². The van der Waals surface area contributed by atoms with E-state index in [4.69, 9.17) is 10.3 Å². The molecule has 1 aromatic heterocycles. The van der Waals surface area contributed by atoms with Crippen molar-refractivity contribution in [3.8, 4) is 0 Å². The average molecular weight is 197 g/mol. The zero-order chi connectivity index (χ0) is 10.6. The van der Waals surface area contributed by atoms with Crippen LogP contribution in [0.3, 0.4) is 0 Å². The Morgan fingerprint density at radius 1 is 1.64 bits per heavy atom. The van der Waals surface area contributed by atoms with Gasteiger partial charge in [-0.15, -0.1) is 0 Å². The second kappa shape index (κ2) is 4.40. The van der Waals surface area contributed by atoms with Gasteiger partial charge in [0.2, 0.25) is 0 Å². The van der Waals surface area contributed by atoms with E-state index in [1.54, 1.807) is 0 Å². The summed E-state index contributed by atoms with van der Waals surface area (Å²) in [5.74, 6) is -0.0364. The predicted octanol–water partition coefficient (Wildman–Crippen LogP) is 0.436. The molecule has 3 N–H and O–H groups in total. The Kier molecular flexibility index (Phi) is 3.22. The summed E-state index contributed by atoms with van der Waals surface area (Å²) in [4.78, 5) is 21.5. The largest absolute Gasteiger partial charge is 0.361 e. The van der Waals surface area contributed by atoms with Crippen molar-refractivity contribution in [3.05, 3.63) is 17.5 Å². The summed E-state index contributed by atoms with van der Waals surface area (Å²) in [5, 5.41) is 5.38. The molecule has 1 heterocycles. The summed E-state index contributed by atoms with van der Waals surface area (Å²) >= 11 is 0. The fraction of sp³-hybridized carbons (Fsp3) is 0.375. The Morgan fingerprint density at radius 2 is 2.36 bits per heavy atom. The van der Waals surface area contributed by atoms with Crippen LogP contribution < -0.4 is 11.1 Å². The van der Waals surface area contributed by atoms with E-state index in [-0.39, 0.29) is 5.69 Å². The number of amides is 3. The van der Waals surface area contributed by atoms with Crippen LogP contribution in [0, 0.1) is 0 Å². The monoisotopic (exact) mass is 197 g/mol. The van der Waals surface area contributed by atoms with Crippen LogP contribution in [-0.4, -0.2) is 17.1 Å². The molecule has 76 valence electrons. The molecule has 0 saturated carbocycles. The minimum Gasteiger partial charge on any atom is -0.361 e. The topological polar surface area (TPSA) is 98.2 Å². The predicted molar refractivity (Wildman–Crippen MR) is 47.5 cm³/mol. The van der Waals surface area contributed by atoms with Gasteiger partial charge in [0.1, 0.15) is 5.76 Å². The first kappa shape index (κ1) is 10.2. The number of primary amides is 1. The smallest absolute Gasteiger partial charge is 0.319 e. The molecule has 0 radical (unpaired) electrons. The first-order chi connectivity index (χ1) is 6.63. The first-order valence-electron chi connectivity index (χ1n) is 4.20. The molecule has 0 bridgehead atoms. The quantitative estimate of drug-likeness (QED) is 0.734. The van der Waals surface area contributed by atoms with Gasteiger partial charge < -0.3 is 10.3 Å². The van der Waals surface area contributed by atoms with Gasteiger partial charge in [0, 0.05) is 12.5 Å². The van der Waals surface area contributed by atoms with Crippen molar-refractivity contribution < 1.29 is 14.1 Å². The third-order valence-electron chi connectivity index (χ3n) is 1.52. The normalized spacial score (nSPS) is 9.79. The number of carbonyl (C=O) groups excluding carboxylic acids is 2. The first-order valence-corrected chi connectivity index (χ1v) is 4.20. The molecule has 0 aliphatic carbocycles. The van der Waals surface area contributed by atoms with Crippen molar-refractivity contribution in [1.29, 1.82) is 0 Å². The molecular weight excluding hydrogens is 186 g/mol. The van der Waals surface area contributed by atoms with Crippen molar-refractivity contribution in [1.82, 2.24) is 10.5 Å². The molecule has 0 saturated heterocycles. The van der Waals surface area contributed by atoms with Gasteiger partial charge in [0.05, 0.1) is 0 Å². The molecule has 3 amide bonds. The van der Waals surface area contributed by atoms with Crippen LogP contribution in [0.1, 0.15) is 29.6 Å². The molecule has 0 aliphatic rings. The number of aryl methyl sites for hydroxylation is 1. The second-order valence-electron chi connectivity index (χ2n) is 2.75. The maximum absolute atomic E-state index is 11.1. The summed E-state index contributed by atoms with van der Waals surface area (Å²) < 4.78 is 4.84. The van der Waals surface area contributed by atoms with E-state index in [1.807, 2.05) is 12.2 Å². The zero-order valence-corrected chi connectivity index (χ0v) is 7.74. The lowest BCUT2D eigenvalue weighted by Gasteiger charge is -1.93. The Hall–Kier alpha value is -1.85. The van der Waals surface area contributed by atoms with Crippen LogP contribution in [0.4, 0.5) is 4.79 Å². The second-order valence-corrected chi connectivity index (χ2v) is 2.75. The Balaban J connectivity index is 2.66. The van der Waals surface area contributed by atoms with E-state index in [0.29, 0.717) is 12.2 Å². The summed E-state index contributed by atoms with van der Waals surface area (Å²) in [6.07, 6.45) is 1.60. The maximum Gasteiger partial charge on any atom is 0.319 e. The molecule has 0 aromatic carbocycles. The van der Waals surface area contributed by atoms with Gasteiger partial charge in [0.25, 0.3) is 5.91 Å². The lowest BCUT2D eigenvalue weighted by Crippen LogP contribution is -2.35. The molecule has 0 fully saturated rings. The molecule has 0 spiro atoms. The number of hydrogen-bond donors (Lipinski definition) is 2. The molecule has 6 heteroatoms. The third kappa shape index (κ3) is 2.58. The van der Waals surface area contributed by atoms with Crippen molar-refractivity contribution >= 4 is 11.9 Å². The zero-order valence-electron chi connectivity index (χ0n) is 7.74. The molecule has 1 rings (SSSR count). The van der Waals surface area contributed by atoms with E-state index >= 15 is 0 Å². The average Bonchev–Trinajstić information content (AvgIpc) is 2.52. The number of nitrogens with two attached hydrogens (primary N) is 1. The molecule has 0 atom stereocenters. The fourth-order valence-electron chi connectivity index (χ4n) is 0.960. The molecule has 14 heavy (non-hydrogen) atoms. The van der Waals surface area contributed by atoms with Crippen LogP contribution in [-0.2, 0) is 6.42 Å². The number of urea groups is 1. The summed E-state index contributed by atoms with van der Waals surface area (Å²) in [5.41, 5.74) is 4.83. The number of carbonyl (C=O) groups is 2. The Labute approximate surface area is 80.4 Å². The lowest BCUT2D eigenvalue weighted by molar-refractivity contribution is 0.0957. The summed E-state index contributed by atoms with van der Waals surface area (Å²) in [6.45, 7) is 1.98. The Bertz CT molecular complexity index is 345. The van der Waals surface area contributed by atoms with Crippen molar-refractivity contribution in [2.75, 3.05) is 0 Å². The number of nitrogens with one attached hydrogen (secondary N) is 1. The van der Waals surface area contributed by atoms with Crippen LogP contribution in [0.15, 0.2) is 10.6 Å². The minimum absolute atomic E-state index is 0.0623. The van der Waals surface area contributed by atoms with Gasteiger partial charge in [-0.05, 0) is 6.42 Å². The van der Waals surface area contributed by atoms with Crippen LogP contribution in [0.2, 0.25) is 0 Å². The van der Waals surface area contributed by atoms with E-state index in [9.17, 15) is 9.59 Å². The molecular formula is C8H11N3O3. The molecule has 0 unspecified atom stereocenters. The van der Waals surface area contributed by atoms with Crippen molar-refractivity contribution in [2.24, 2.45) is 5.73 Å². The molecule has 6 nitrogen and oxygen atoms in total. The third-order valence-corrected chi connectivity index (χ3v) is 1.52. The highest BCUT2D eigenvalue weighted by molar-refractivity contribution is 6.02. The number of nitrogens with zero attached hydrogens (tertiary/aromatic N) is 1. The van der Waals surface area contributed by atoms with Gasteiger partial charge in [0.15, 0.2) is 5.69 Å². The maximum atomic E-state index is 11.1. The van der Waals surface area contributed by atoms with Crippen LogP contribution in [0.5, 0.6) is 0 Å². The Morgan fingerprint density at radius 3 is 2.93 bits per heavy atom. The van der Waals surface area contributed by atoms with Gasteiger partial charge in [-0.25, -0.2) is 4.79 Å². The van der Waals surface area contributed by atoms with E-state index in [1.165, 1.54) is 6.07 Å². The number of hydrogen-bond acceptors (Lipinski definition) is 4. The highest BCUT2D eigenvalue weighted by Crippen LogP contribution is 2.05. The lowest BCUT2D eigenvalue weighted by atomic mass is 10.2. The van der Waals surface area contributed by atoms with Crippen molar-refractivity contribution in [3.63, 3.8) is 0 Å². The standard InChI is InChI=1S/C8H11N3O3/c1-2-3-5-4-6(11-14-5)7(12)10-8(9)13/h4H,2-3H2,1H3,(H3,9,10,12,13). The summed E-state index contributed by atoms with van der Waals surface area (Å²) in [7, 11) is 0. The van der Waals surface area contributed by atoms with Crippen molar-refractivity contribution in [2.45, 2.75) is 19.8 Å². The fourth-order valence-corrected chi connectivity index (χ4v) is 0.960. The number of rotatable bonds is 3. The van der Waals surface area contributed by atoms with Crippen LogP contribution in [0.25, 0.3) is 0 Å². The number of imide groups is 1. The highest BCUT2D eigenvalue weighted by atomic mass is 16.5.